The maximum absolute atomic E-state index is 9.08. The van der Waals surface area contributed by atoms with Crippen LogP contribution in [0, 0.1) is 0 Å². The zero-order valence-electron chi connectivity index (χ0n) is 8.66. The van der Waals surface area contributed by atoms with Crippen molar-refractivity contribution in [3.05, 3.63) is 35.6 Å². The molecule has 3 heteroatoms. The van der Waals surface area contributed by atoms with Crippen molar-refractivity contribution in [3.63, 3.8) is 0 Å². The summed E-state index contributed by atoms with van der Waals surface area (Å²) in [6, 6.07) is 0. The Hall–Kier alpha value is -1.06. The number of dihydropyridines is 1. The number of hydrogen-bond acceptors (Lipinski definition) is 3. The molecule has 1 aliphatic heterocycles. The molecule has 1 unspecified atom stereocenters. The van der Waals surface area contributed by atoms with E-state index in [4.69, 9.17) is 9.84 Å². The van der Waals surface area contributed by atoms with Crippen molar-refractivity contribution in [2.24, 2.45) is 0 Å². The standard InChI is InChI=1S/C11H17NO2/c1-9(2)5-6-14-8-10-3-4-11(13)12-7-10/h3-5,7,11-13H,6,8H2,1-2H3. The lowest BCUT2D eigenvalue weighted by atomic mass is 10.2. The van der Waals surface area contributed by atoms with E-state index in [1.54, 1.807) is 12.3 Å². The lowest BCUT2D eigenvalue weighted by Crippen LogP contribution is -2.24. The summed E-state index contributed by atoms with van der Waals surface area (Å²) in [5.41, 5.74) is 2.30. The Balaban J connectivity index is 2.20. The molecule has 1 rings (SSSR count). The maximum atomic E-state index is 9.08. The minimum atomic E-state index is -0.559. The summed E-state index contributed by atoms with van der Waals surface area (Å²) in [6.07, 6.45) is 6.81. The van der Waals surface area contributed by atoms with E-state index in [1.165, 1.54) is 5.57 Å². The van der Waals surface area contributed by atoms with Crippen LogP contribution in [-0.4, -0.2) is 24.5 Å². The molecule has 0 amide bonds. The number of aliphatic hydroxyl groups excluding tert-OH is 1. The molecule has 0 aromatic carbocycles. The van der Waals surface area contributed by atoms with Crippen LogP contribution in [0.2, 0.25) is 0 Å². The molecule has 0 bridgehead atoms. The van der Waals surface area contributed by atoms with Crippen LogP contribution in [-0.2, 0) is 4.74 Å². The van der Waals surface area contributed by atoms with Crippen molar-refractivity contribution in [1.82, 2.24) is 5.32 Å². The first-order valence-electron chi connectivity index (χ1n) is 4.71. The molecule has 78 valence electrons. The summed E-state index contributed by atoms with van der Waals surface area (Å²) in [7, 11) is 0. The van der Waals surface area contributed by atoms with Gasteiger partial charge >= 0.3 is 0 Å². The third-order valence-corrected chi connectivity index (χ3v) is 1.81. The van der Waals surface area contributed by atoms with E-state index in [9.17, 15) is 0 Å². The molecule has 0 saturated carbocycles. The van der Waals surface area contributed by atoms with Crippen molar-refractivity contribution in [2.75, 3.05) is 13.2 Å². The fourth-order valence-electron chi connectivity index (χ4n) is 1.00. The molecule has 1 atom stereocenters. The smallest absolute Gasteiger partial charge is 0.143 e. The molecule has 0 aromatic heterocycles. The maximum Gasteiger partial charge on any atom is 0.143 e. The molecule has 14 heavy (non-hydrogen) atoms. The van der Waals surface area contributed by atoms with E-state index < -0.39 is 6.23 Å². The summed E-state index contributed by atoms with van der Waals surface area (Å²) in [4.78, 5) is 0. The number of nitrogens with one attached hydrogen (secondary N) is 1. The topological polar surface area (TPSA) is 41.5 Å². The lowest BCUT2D eigenvalue weighted by Gasteiger charge is -2.13. The van der Waals surface area contributed by atoms with Crippen LogP contribution < -0.4 is 5.32 Å². The highest BCUT2D eigenvalue weighted by Gasteiger charge is 2.02. The van der Waals surface area contributed by atoms with Gasteiger partial charge < -0.3 is 15.2 Å². The number of hydrogen-bond donors (Lipinski definition) is 2. The Kier molecular flexibility index (Phi) is 4.43. The van der Waals surface area contributed by atoms with Crippen molar-refractivity contribution in [3.8, 4) is 0 Å². The highest BCUT2D eigenvalue weighted by atomic mass is 16.5. The summed E-state index contributed by atoms with van der Waals surface area (Å²) < 4.78 is 5.40. The van der Waals surface area contributed by atoms with Gasteiger partial charge in [0.2, 0.25) is 0 Å². The Morgan fingerprint density at radius 2 is 2.43 bits per heavy atom. The number of aliphatic hydroxyl groups is 1. The van der Waals surface area contributed by atoms with E-state index >= 15 is 0 Å². The van der Waals surface area contributed by atoms with Crippen LogP contribution in [0.15, 0.2) is 35.6 Å². The van der Waals surface area contributed by atoms with E-state index in [2.05, 4.69) is 5.32 Å². The van der Waals surface area contributed by atoms with Gasteiger partial charge in [0.05, 0.1) is 13.2 Å². The molecule has 1 heterocycles. The van der Waals surface area contributed by atoms with E-state index in [0.717, 1.165) is 5.57 Å². The van der Waals surface area contributed by atoms with E-state index in [0.29, 0.717) is 13.2 Å². The first kappa shape index (κ1) is 11.0. The van der Waals surface area contributed by atoms with Gasteiger partial charge in [-0.3, -0.25) is 0 Å². The molecule has 0 aliphatic carbocycles. The van der Waals surface area contributed by atoms with Gasteiger partial charge in [-0.15, -0.1) is 0 Å². The second kappa shape index (κ2) is 5.62. The fraction of sp³-hybridized carbons (Fsp3) is 0.455. The number of ether oxygens (including phenoxy) is 1. The van der Waals surface area contributed by atoms with Gasteiger partial charge in [0.25, 0.3) is 0 Å². The quantitative estimate of drug-likeness (QED) is 0.525. The van der Waals surface area contributed by atoms with Gasteiger partial charge in [-0.2, -0.15) is 0 Å². The second-order valence-electron chi connectivity index (χ2n) is 3.49. The molecular formula is C11H17NO2. The zero-order chi connectivity index (χ0) is 10.4. The van der Waals surface area contributed by atoms with Gasteiger partial charge in [-0.25, -0.2) is 0 Å². The van der Waals surface area contributed by atoms with Crippen LogP contribution in [0.4, 0.5) is 0 Å². The summed E-state index contributed by atoms with van der Waals surface area (Å²) in [5, 5.41) is 11.9. The Bertz CT molecular complexity index is 262. The van der Waals surface area contributed by atoms with Crippen molar-refractivity contribution in [1.29, 1.82) is 0 Å². The first-order valence-corrected chi connectivity index (χ1v) is 4.71. The van der Waals surface area contributed by atoms with Gasteiger partial charge in [-0.1, -0.05) is 17.7 Å². The minimum absolute atomic E-state index is 0.559. The van der Waals surface area contributed by atoms with E-state index in [1.807, 2.05) is 26.0 Å². The van der Waals surface area contributed by atoms with Crippen LogP contribution >= 0.6 is 0 Å². The van der Waals surface area contributed by atoms with E-state index in [-0.39, 0.29) is 0 Å². The molecule has 0 radical (unpaired) electrons. The lowest BCUT2D eigenvalue weighted by molar-refractivity contribution is 0.180. The molecule has 0 aromatic rings. The Morgan fingerprint density at radius 1 is 1.64 bits per heavy atom. The summed E-state index contributed by atoms with van der Waals surface area (Å²) in [6.45, 7) is 5.29. The fourth-order valence-corrected chi connectivity index (χ4v) is 1.00. The molecule has 0 saturated heterocycles. The second-order valence-corrected chi connectivity index (χ2v) is 3.49. The molecule has 2 N–H and O–H groups in total. The predicted octanol–water partition coefficient (Wildman–Crippen LogP) is 1.33. The Morgan fingerprint density at radius 3 is 3.00 bits per heavy atom. The van der Waals surface area contributed by atoms with Crippen LogP contribution in [0.5, 0.6) is 0 Å². The predicted molar refractivity (Wildman–Crippen MR) is 56.6 cm³/mol. The first-order chi connectivity index (χ1) is 6.68. The molecular weight excluding hydrogens is 178 g/mol. The molecule has 1 aliphatic rings. The van der Waals surface area contributed by atoms with Crippen LogP contribution in [0.3, 0.4) is 0 Å². The minimum Gasteiger partial charge on any atom is -0.373 e. The third-order valence-electron chi connectivity index (χ3n) is 1.81. The highest BCUT2D eigenvalue weighted by Crippen LogP contribution is 2.03. The highest BCUT2D eigenvalue weighted by molar-refractivity contribution is 5.23. The normalized spacial score (nSPS) is 19.9. The number of rotatable bonds is 4. The Labute approximate surface area is 84.8 Å². The SMILES string of the molecule is CC(C)=CCOCC1=CNC(O)C=C1. The monoisotopic (exact) mass is 195 g/mol. The van der Waals surface area contributed by atoms with Gasteiger partial charge in [0.15, 0.2) is 0 Å². The number of allylic oxidation sites excluding steroid dienone is 1. The van der Waals surface area contributed by atoms with Crippen molar-refractivity contribution >= 4 is 0 Å². The summed E-state index contributed by atoms with van der Waals surface area (Å²) >= 11 is 0. The average molecular weight is 195 g/mol. The van der Waals surface area contributed by atoms with Gasteiger partial charge in [0, 0.05) is 6.20 Å². The third kappa shape index (κ3) is 4.25. The van der Waals surface area contributed by atoms with Crippen molar-refractivity contribution in [2.45, 2.75) is 20.1 Å². The molecule has 3 nitrogen and oxygen atoms in total. The largest absolute Gasteiger partial charge is 0.373 e. The summed E-state index contributed by atoms with van der Waals surface area (Å²) in [5.74, 6) is 0. The van der Waals surface area contributed by atoms with Crippen molar-refractivity contribution < 1.29 is 9.84 Å². The molecule has 0 spiro atoms. The average Bonchev–Trinajstić information content (AvgIpc) is 2.15. The zero-order valence-corrected chi connectivity index (χ0v) is 8.66. The van der Waals surface area contributed by atoms with Gasteiger partial charge in [0.1, 0.15) is 6.23 Å². The van der Waals surface area contributed by atoms with Crippen LogP contribution in [0.1, 0.15) is 13.8 Å². The molecule has 0 fully saturated rings. The van der Waals surface area contributed by atoms with Crippen LogP contribution in [0.25, 0.3) is 0 Å². The van der Waals surface area contributed by atoms with Gasteiger partial charge in [-0.05, 0) is 25.5 Å².